The van der Waals surface area contributed by atoms with Gasteiger partial charge in [0.25, 0.3) is 0 Å². The number of amides is 1. The zero-order chi connectivity index (χ0) is 16.1. The van der Waals surface area contributed by atoms with E-state index >= 15 is 0 Å². The van der Waals surface area contributed by atoms with E-state index in [4.69, 9.17) is 15.2 Å². The Morgan fingerprint density at radius 1 is 1.30 bits per heavy atom. The average molecular weight is 314 g/mol. The van der Waals surface area contributed by atoms with Gasteiger partial charge in [-0.05, 0) is 25.0 Å². The molecule has 1 aliphatic rings. The Morgan fingerprint density at radius 3 is 2.87 bits per heavy atom. The first-order valence-corrected chi connectivity index (χ1v) is 7.38. The summed E-state index contributed by atoms with van der Waals surface area (Å²) in [7, 11) is 0. The first-order valence-electron chi connectivity index (χ1n) is 7.38. The van der Waals surface area contributed by atoms with E-state index < -0.39 is 5.54 Å². The minimum Gasteiger partial charge on any atom is -0.437 e. The summed E-state index contributed by atoms with van der Waals surface area (Å²) >= 11 is 0. The van der Waals surface area contributed by atoms with E-state index in [1.807, 2.05) is 0 Å². The van der Waals surface area contributed by atoms with Gasteiger partial charge in [-0.2, -0.15) is 0 Å². The molecule has 0 spiro atoms. The van der Waals surface area contributed by atoms with Gasteiger partial charge in [-0.3, -0.25) is 9.78 Å². The van der Waals surface area contributed by atoms with Crippen LogP contribution in [0.25, 0.3) is 0 Å². The number of nitrogens with two attached hydrogens (primary N) is 1. The number of rotatable bonds is 4. The normalized spacial score (nSPS) is 16.6. The van der Waals surface area contributed by atoms with Crippen molar-refractivity contribution in [3.63, 3.8) is 0 Å². The maximum atomic E-state index is 12.4. The van der Waals surface area contributed by atoms with Crippen molar-refractivity contribution < 1.29 is 14.3 Å². The number of hydrogen-bond acceptors (Lipinski definition) is 6. The monoisotopic (exact) mass is 314 g/mol. The molecule has 2 aromatic rings. The molecule has 7 heteroatoms. The van der Waals surface area contributed by atoms with E-state index in [0.29, 0.717) is 43.4 Å². The van der Waals surface area contributed by atoms with Crippen LogP contribution in [0.1, 0.15) is 12.8 Å². The van der Waals surface area contributed by atoms with Crippen molar-refractivity contribution in [2.75, 3.05) is 18.5 Å². The fraction of sp³-hybridized carbons (Fsp3) is 0.312. The number of hydrogen-bond donors (Lipinski definition) is 2. The van der Waals surface area contributed by atoms with Gasteiger partial charge in [0.1, 0.15) is 11.3 Å². The highest BCUT2D eigenvalue weighted by molar-refractivity contribution is 5.98. The molecule has 1 aromatic heterocycles. The molecule has 0 aliphatic carbocycles. The topological polar surface area (TPSA) is 99.4 Å². The predicted molar refractivity (Wildman–Crippen MR) is 84.1 cm³/mol. The van der Waals surface area contributed by atoms with Crippen molar-refractivity contribution in [1.29, 1.82) is 0 Å². The molecule has 0 saturated carbocycles. The third-order valence-electron chi connectivity index (χ3n) is 3.69. The maximum Gasteiger partial charge on any atom is 0.244 e. The lowest BCUT2D eigenvalue weighted by Crippen LogP contribution is -2.54. The lowest BCUT2D eigenvalue weighted by Gasteiger charge is -2.31. The Morgan fingerprint density at radius 2 is 2.13 bits per heavy atom. The van der Waals surface area contributed by atoms with E-state index in [1.165, 1.54) is 6.20 Å². The molecule has 1 amide bonds. The van der Waals surface area contributed by atoms with Gasteiger partial charge in [-0.25, -0.2) is 4.98 Å². The molecule has 7 nitrogen and oxygen atoms in total. The first kappa shape index (κ1) is 15.4. The van der Waals surface area contributed by atoms with Crippen LogP contribution >= 0.6 is 0 Å². The van der Waals surface area contributed by atoms with Gasteiger partial charge in [-0.15, -0.1) is 0 Å². The summed E-state index contributed by atoms with van der Waals surface area (Å²) in [4.78, 5) is 20.4. The van der Waals surface area contributed by atoms with Crippen LogP contribution < -0.4 is 15.8 Å². The van der Waals surface area contributed by atoms with Crippen LogP contribution in [-0.2, 0) is 9.53 Å². The van der Waals surface area contributed by atoms with Gasteiger partial charge in [0, 0.05) is 37.4 Å². The van der Waals surface area contributed by atoms with Gasteiger partial charge in [0.2, 0.25) is 11.8 Å². The van der Waals surface area contributed by atoms with Gasteiger partial charge in [-0.1, -0.05) is 6.07 Å². The average Bonchev–Trinajstić information content (AvgIpc) is 2.57. The van der Waals surface area contributed by atoms with Crippen molar-refractivity contribution in [2.45, 2.75) is 18.4 Å². The molecular weight excluding hydrogens is 296 g/mol. The standard InChI is InChI=1S/C16H18N4O3/c17-16(4-8-22-9-5-16)15(21)20-12-2-1-3-13(10-12)23-14-11-18-6-7-19-14/h1-3,6-7,10-11H,4-5,8-9,17H2,(H,20,21). The summed E-state index contributed by atoms with van der Waals surface area (Å²) in [5.41, 5.74) is 5.90. The number of carbonyl (C=O) groups is 1. The van der Waals surface area contributed by atoms with Crippen LogP contribution in [0.15, 0.2) is 42.9 Å². The Labute approximate surface area is 133 Å². The minimum atomic E-state index is -0.889. The van der Waals surface area contributed by atoms with Crippen molar-refractivity contribution in [2.24, 2.45) is 5.73 Å². The fourth-order valence-corrected chi connectivity index (χ4v) is 2.31. The van der Waals surface area contributed by atoms with Crippen molar-refractivity contribution in [1.82, 2.24) is 9.97 Å². The lowest BCUT2D eigenvalue weighted by molar-refractivity contribution is -0.124. The zero-order valence-electron chi connectivity index (χ0n) is 12.6. The minimum absolute atomic E-state index is 0.211. The van der Waals surface area contributed by atoms with E-state index in [1.54, 1.807) is 36.7 Å². The van der Waals surface area contributed by atoms with Gasteiger partial charge in [0.05, 0.1) is 6.20 Å². The highest BCUT2D eigenvalue weighted by atomic mass is 16.5. The quantitative estimate of drug-likeness (QED) is 0.891. The molecule has 23 heavy (non-hydrogen) atoms. The fourth-order valence-electron chi connectivity index (χ4n) is 2.31. The smallest absolute Gasteiger partial charge is 0.244 e. The van der Waals surface area contributed by atoms with E-state index in [9.17, 15) is 4.79 Å². The Balaban J connectivity index is 1.69. The number of carbonyl (C=O) groups excluding carboxylic acids is 1. The van der Waals surface area contributed by atoms with E-state index in [0.717, 1.165) is 0 Å². The van der Waals surface area contributed by atoms with Gasteiger partial charge >= 0.3 is 0 Å². The first-order chi connectivity index (χ1) is 11.2. The third-order valence-corrected chi connectivity index (χ3v) is 3.69. The highest BCUT2D eigenvalue weighted by Crippen LogP contribution is 2.24. The second-order valence-corrected chi connectivity index (χ2v) is 5.40. The van der Waals surface area contributed by atoms with Crippen molar-refractivity contribution in [3.8, 4) is 11.6 Å². The number of anilines is 1. The van der Waals surface area contributed by atoms with Crippen LogP contribution in [0, 0.1) is 0 Å². The van der Waals surface area contributed by atoms with E-state index in [2.05, 4.69) is 15.3 Å². The number of benzene rings is 1. The summed E-state index contributed by atoms with van der Waals surface area (Å²) in [5, 5.41) is 2.84. The Bertz CT molecular complexity index is 672. The molecule has 0 unspecified atom stereocenters. The van der Waals surface area contributed by atoms with Crippen molar-refractivity contribution in [3.05, 3.63) is 42.9 Å². The molecule has 1 aromatic carbocycles. The molecule has 2 heterocycles. The third kappa shape index (κ3) is 3.82. The van der Waals surface area contributed by atoms with Crippen LogP contribution in [-0.4, -0.2) is 34.6 Å². The molecule has 1 saturated heterocycles. The molecule has 0 bridgehead atoms. The number of ether oxygens (including phenoxy) is 2. The number of nitrogens with one attached hydrogen (secondary N) is 1. The Hall–Kier alpha value is -2.51. The van der Waals surface area contributed by atoms with Crippen LogP contribution in [0.5, 0.6) is 11.6 Å². The summed E-state index contributed by atoms with van der Waals surface area (Å²) < 4.78 is 10.9. The second-order valence-electron chi connectivity index (χ2n) is 5.40. The molecule has 0 radical (unpaired) electrons. The number of nitrogens with zero attached hydrogens (tertiary/aromatic N) is 2. The zero-order valence-corrected chi connectivity index (χ0v) is 12.6. The number of aromatic nitrogens is 2. The van der Waals surface area contributed by atoms with Crippen molar-refractivity contribution >= 4 is 11.6 Å². The Kier molecular flexibility index (Phi) is 4.50. The predicted octanol–water partition coefficient (Wildman–Crippen LogP) is 1.72. The highest BCUT2D eigenvalue weighted by Gasteiger charge is 2.35. The molecule has 1 aliphatic heterocycles. The SMILES string of the molecule is NC1(C(=O)Nc2cccc(Oc3cnccn3)c2)CCOCC1. The van der Waals surface area contributed by atoms with Crippen LogP contribution in [0.4, 0.5) is 5.69 Å². The van der Waals surface area contributed by atoms with Crippen LogP contribution in [0.2, 0.25) is 0 Å². The summed E-state index contributed by atoms with van der Waals surface area (Å²) in [5.74, 6) is 0.731. The van der Waals surface area contributed by atoms with Gasteiger partial charge < -0.3 is 20.5 Å². The van der Waals surface area contributed by atoms with Gasteiger partial charge in [0.15, 0.2) is 0 Å². The molecule has 3 rings (SSSR count). The molecule has 0 atom stereocenters. The van der Waals surface area contributed by atoms with Crippen LogP contribution in [0.3, 0.4) is 0 Å². The largest absolute Gasteiger partial charge is 0.437 e. The van der Waals surface area contributed by atoms with E-state index in [-0.39, 0.29) is 5.91 Å². The maximum absolute atomic E-state index is 12.4. The lowest BCUT2D eigenvalue weighted by atomic mass is 9.90. The summed E-state index contributed by atoms with van der Waals surface area (Å²) in [6.45, 7) is 0.999. The molecule has 3 N–H and O–H groups in total. The summed E-state index contributed by atoms with van der Waals surface area (Å²) in [6, 6.07) is 7.06. The summed E-state index contributed by atoms with van der Waals surface area (Å²) in [6.07, 6.45) is 5.65. The molecule has 1 fully saturated rings. The molecule has 120 valence electrons. The second kappa shape index (κ2) is 6.72. The molecular formula is C16H18N4O3.